The van der Waals surface area contributed by atoms with Crippen molar-refractivity contribution in [2.45, 2.75) is 52.0 Å². The Bertz CT molecular complexity index is 148. The molecule has 0 unspecified atom stereocenters. The van der Waals surface area contributed by atoms with Crippen LogP contribution in [0.25, 0.3) is 0 Å². The van der Waals surface area contributed by atoms with E-state index in [1.807, 2.05) is 6.92 Å². The molecule has 0 amide bonds. The molecule has 0 saturated heterocycles. The van der Waals surface area contributed by atoms with E-state index in [4.69, 9.17) is 10.8 Å². The fraction of sp³-hybridized carbons (Fsp3) is 0.900. The second-order valence-electron chi connectivity index (χ2n) is 3.53. The SMILES string of the molecule is CCCCC[C@H](CC)[C@H](N)C(=O)O. The van der Waals surface area contributed by atoms with E-state index in [1.54, 1.807) is 0 Å². The van der Waals surface area contributed by atoms with E-state index in [-0.39, 0.29) is 5.92 Å². The average molecular weight is 187 g/mol. The summed E-state index contributed by atoms with van der Waals surface area (Å²) in [6.45, 7) is 4.14. The quantitative estimate of drug-likeness (QED) is 0.599. The van der Waals surface area contributed by atoms with Crippen molar-refractivity contribution in [2.24, 2.45) is 11.7 Å². The van der Waals surface area contributed by atoms with Crippen molar-refractivity contribution in [1.82, 2.24) is 0 Å². The molecule has 0 aliphatic rings. The lowest BCUT2D eigenvalue weighted by Crippen LogP contribution is -2.37. The molecule has 0 rings (SSSR count). The Balaban J connectivity index is 3.80. The Morgan fingerprint density at radius 3 is 2.38 bits per heavy atom. The van der Waals surface area contributed by atoms with E-state index >= 15 is 0 Å². The number of carboxylic acids is 1. The van der Waals surface area contributed by atoms with Gasteiger partial charge in [0.15, 0.2) is 0 Å². The number of aliphatic carboxylic acids is 1. The highest BCUT2D eigenvalue weighted by Gasteiger charge is 2.21. The lowest BCUT2D eigenvalue weighted by atomic mass is 9.92. The van der Waals surface area contributed by atoms with Crippen molar-refractivity contribution < 1.29 is 9.90 Å². The Hall–Kier alpha value is -0.570. The van der Waals surface area contributed by atoms with Gasteiger partial charge in [0.2, 0.25) is 0 Å². The summed E-state index contributed by atoms with van der Waals surface area (Å²) in [5.41, 5.74) is 5.55. The van der Waals surface area contributed by atoms with Crippen LogP contribution in [0.5, 0.6) is 0 Å². The van der Waals surface area contributed by atoms with Crippen molar-refractivity contribution in [3.05, 3.63) is 0 Å². The molecule has 0 aliphatic carbocycles. The number of carbonyl (C=O) groups is 1. The first kappa shape index (κ1) is 12.4. The molecule has 0 radical (unpaired) electrons. The normalized spacial score (nSPS) is 15.3. The molecule has 0 aliphatic heterocycles. The van der Waals surface area contributed by atoms with Crippen LogP contribution in [0.1, 0.15) is 46.0 Å². The van der Waals surface area contributed by atoms with Crippen LogP contribution in [-0.2, 0) is 4.79 Å². The van der Waals surface area contributed by atoms with E-state index in [2.05, 4.69) is 6.92 Å². The summed E-state index contributed by atoms with van der Waals surface area (Å²) < 4.78 is 0. The zero-order valence-electron chi connectivity index (χ0n) is 8.62. The summed E-state index contributed by atoms with van der Waals surface area (Å²) in [6.07, 6.45) is 5.23. The predicted octanol–water partition coefficient (Wildman–Crippen LogP) is 2.00. The molecule has 0 heterocycles. The van der Waals surface area contributed by atoms with Crippen molar-refractivity contribution in [3.8, 4) is 0 Å². The molecule has 0 bridgehead atoms. The van der Waals surface area contributed by atoms with Crippen LogP contribution in [0.3, 0.4) is 0 Å². The van der Waals surface area contributed by atoms with E-state index < -0.39 is 12.0 Å². The highest BCUT2D eigenvalue weighted by molar-refractivity contribution is 5.73. The molecule has 0 aromatic heterocycles. The van der Waals surface area contributed by atoms with Crippen molar-refractivity contribution in [1.29, 1.82) is 0 Å². The van der Waals surface area contributed by atoms with Gasteiger partial charge in [-0.3, -0.25) is 4.79 Å². The van der Waals surface area contributed by atoms with Gasteiger partial charge in [0.1, 0.15) is 6.04 Å². The fourth-order valence-electron chi connectivity index (χ4n) is 1.50. The number of hydrogen-bond donors (Lipinski definition) is 2. The van der Waals surface area contributed by atoms with Crippen molar-refractivity contribution >= 4 is 5.97 Å². The van der Waals surface area contributed by atoms with Crippen LogP contribution in [0.2, 0.25) is 0 Å². The number of hydrogen-bond acceptors (Lipinski definition) is 2. The van der Waals surface area contributed by atoms with Gasteiger partial charge in [-0.05, 0) is 12.3 Å². The molecule has 0 spiro atoms. The molecule has 13 heavy (non-hydrogen) atoms. The largest absolute Gasteiger partial charge is 0.480 e. The number of carboxylic acid groups (broad SMARTS) is 1. The van der Waals surface area contributed by atoms with Crippen LogP contribution in [0.4, 0.5) is 0 Å². The summed E-state index contributed by atoms with van der Waals surface area (Å²) >= 11 is 0. The van der Waals surface area contributed by atoms with Crippen LogP contribution in [0, 0.1) is 5.92 Å². The minimum atomic E-state index is -0.872. The van der Waals surface area contributed by atoms with Gasteiger partial charge in [-0.15, -0.1) is 0 Å². The van der Waals surface area contributed by atoms with Gasteiger partial charge in [-0.25, -0.2) is 0 Å². The lowest BCUT2D eigenvalue weighted by Gasteiger charge is -2.18. The minimum absolute atomic E-state index is 0.143. The smallest absolute Gasteiger partial charge is 0.320 e. The molecular weight excluding hydrogens is 166 g/mol. The molecular formula is C10H21NO2. The monoisotopic (exact) mass is 187 g/mol. The van der Waals surface area contributed by atoms with Crippen LogP contribution < -0.4 is 5.73 Å². The van der Waals surface area contributed by atoms with E-state index in [1.165, 1.54) is 12.8 Å². The van der Waals surface area contributed by atoms with Crippen LogP contribution >= 0.6 is 0 Å². The third-order valence-corrected chi connectivity index (χ3v) is 2.50. The van der Waals surface area contributed by atoms with Gasteiger partial charge >= 0.3 is 5.97 Å². The zero-order chi connectivity index (χ0) is 10.3. The predicted molar refractivity (Wildman–Crippen MR) is 53.5 cm³/mol. The van der Waals surface area contributed by atoms with Gasteiger partial charge in [-0.2, -0.15) is 0 Å². The van der Waals surface area contributed by atoms with Gasteiger partial charge in [0.25, 0.3) is 0 Å². The highest BCUT2D eigenvalue weighted by Crippen LogP contribution is 2.16. The zero-order valence-corrected chi connectivity index (χ0v) is 8.62. The summed E-state index contributed by atoms with van der Waals surface area (Å²) in [7, 11) is 0. The molecule has 0 aromatic rings. The minimum Gasteiger partial charge on any atom is -0.480 e. The Morgan fingerprint density at radius 1 is 1.38 bits per heavy atom. The Kier molecular flexibility index (Phi) is 6.59. The van der Waals surface area contributed by atoms with E-state index in [0.29, 0.717) is 0 Å². The second-order valence-corrected chi connectivity index (χ2v) is 3.53. The molecule has 0 saturated carbocycles. The lowest BCUT2D eigenvalue weighted by molar-refractivity contribution is -0.140. The molecule has 3 N–H and O–H groups in total. The van der Waals surface area contributed by atoms with E-state index in [0.717, 1.165) is 19.3 Å². The molecule has 2 atom stereocenters. The molecule has 0 fully saturated rings. The number of unbranched alkanes of at least 4 members (excludes halogenated alkanes) is 2. The summed E-state index contributed by atoms with van der Waals surface area (Å²) in [4.78, 5) is 10.6. The van der Waals surface area contributed by atoms with Gasteiger partial charge < -0.3 is 10.8 Å². The Labute approximate surface area is 80.3 Å². The first-order chi connectivity index (χ1) is 6.13. The number of rotatable bonds is 7. The molecule has 3 heteroatoms. The molecule has 78 valence electrons. The molecule has 3 nitrogen and oxygen atoms in total. The van der Waals surface area contributed by atoms with Gasteiger partial charge in [0.05, 0.1) is 0 Å². The topological polar surface area (TPSA) is 63.3 Å². The molecule has 0 aromatic carbocycles. The standard InChI is InChI=1S/C10H21NO2/c1-3-5-6-7-8(4-2)9(11)10(12)13/h8-9H,3-7,11H2,1-2H3,(H,12,13)/t8-,9-/m0/s1. The maximum atomic E-state index is 10.6. The third-order valence-electron chi connectivity index (χ3n) is 2.50. The fourth-order valence-corrected chi connectivity index (χ4v) is 1.50. The maximum Gasteiger partial charge on any atom is 0.320 e. The maximum absolute atomic E-state index is 10.6. The Morgan fingerprint density at radius 2 is 2.00 bits per heavy atom. The first-order valence-electron chi connectivity index (χ1n) is 5.11. The number of nitrogens with two attached hydrogens (primary N) is 1. The van der Waals surface area contributed by atoms with Crippen molar-refractivity contribution in [2.75, 3.05) is 0 Å². The second kappa shape index (κ2) is 6.89. The van der Waals surface area contributed by atoms with Gasteiger partial charge in [-0.1, -0.05) is 39.5 Å². The summed E-state index contributed by atoms with van der Waals surface area (Å²) in [5, 5.41) is 8.72. The summed E-state index contributed by atoms with van der Waals surface area (Å²) in [5.74, 6) is -0.729. The van der Waals surface area contributed by atoms with Gasteiger partial charge in [0, 0.05) is 0 Å². The van der Waals surface area contributed by atoms with Crippen LogP contribution in [-0.4, -0.2) is 17.1 Å². The van der Waals surface area contributed by atoms with Crippen LogP contribution in [0.15, 0.2) is 0 Å². The average Bonchev–Trinajstić information content (AvgIpc) is 2.11. The summed E-state index contributed by atoms with van der Waals surface area (Å²) in [6, 6.07) is -0.679. The van der Waals surface area contributed by atoms with E-state index in [9.17, 15) is 4.79 Å². The third kappa shape index (κ3) is 4.88. The first-order valence-corrected chi connectivity index (χ1v) is 5.11. The highest BCUT2D eigenvalue weighted by atomic mass is 16.4. The van der Waals surface area contributed by atoms with Crippen molar-refractivity contribution in [3.63, 3.8) is 0 Å².